The molecule has 1 heterocycles. The average molecular weight is 372 g/mol. The normalized spacial score (nSPS) is 11.5. The number of ether oxygens (including phenoxy) is 1. The number of hydrogen-bond donors (Lipinski definition) is 0. The minimum atomic E-state index is -4.78. The molecule has 0 saturated heterocycles. The van der Waals surface area contributed by atoms with Crippen molar-refractivity contribution in [2.45, 2.75) is 6.18 Å². The topological polar surface area (TPSA) is 35.0 Å². The van der Waals surface area contributed by atoms with Crippen LogP contribution < -0.4 is 4.74 Å². The molecule has 0 aliphatic rings. The highest BCUT2D eigenvalue weighted by molar-refractivity contribution is 9.10. The standard InChI is InChI=1S/C11H4BrClF4N2O/c12-5-1-2-7(6(14)3-5)20-9-4-8(13)18-10(19-9)11(15,16)17/h1-4H. The van der Waals surface area contributed by atoms with E-state index < -0.39 is 28.9 Å². The van der Waals surface area contributed by atoms with Gasteiger partial charge < -0.3 is 4.74 Å². The van der Waals surface area contributed by atoms with Crippen LogP contribution in [0.3, 0.4) is 0 Å². The molecule has 0 atom stereocenters. The summed E-state index contributed by atoms with van der Waals surface area (Å²) < 4.78 is 56.4. The van der Waals surface area contributed by atoms with Gasteiger partial charge in [-0.15, -0.1) is 0 Å². The maximum Gasteiger partial charge on any atom is 0.451 e. The smallest absolute Gasteiger partial charge is 0.436 e. The van der Waals surface area contributed by atoms with Crippen molar-refractivity contribution in [1.29, 1.82) is 0 Å². The first-order valence-electron chi connectivity index (χ1n) is 5.00. The van der Waals surface area contributed by atoms with Crippen molar-refractivity contribution in [2.75, 3.05) is 0 Å². The van der Waals surface area contributed by atoms with Crippen LogP contribution in [-0.4, -0.2) is 9.97 Å². The number of nitrogens with zero attached hydrogens (tertiary/aromatic N) is 2. The van der Waals surface area contributed by atoms with Crippen molar-refractivity contribution in [3.8, 4) is 11.6 Å². The molecule has 3 nitrogen and oxygen atoms in total. The Bertz CT molecular complexity index is 651. The summed E-state index contributed by atoms with van der Waals surface area (Å²) in [6.07, 6.45) is -4.78. The summed E-state index contributed by atoms with van der Waals surface area (Å²) in [6.45, 7) is 0. The van der Waals surface area contributed by atoms with Gasteiger partial charge in [0, 0.05) is 10.5 Å². The van der Waals surface area contributed by atoms with Crippen LogP contribution in [0.25, 0.3) is 0 Å². The lowest BCUT2D eigenvalue weighted by Crippen LogP contribution is -2.11. The minimum Gasteiger partial charge on any atom is -0.436 e. The molecule has 1 aromatic carbocycles. The molecule has 0 aliphatic heterocycles. The zero-order valence-electron chi connectivity index (χ0n) is 9.38. The first-order valence-corrected chi connectivity index (χ1v) is 6.17. The van der Waals surface area contributed by atoms with Crippen molar-refractivity contribution in [3.63, 3.8) is 0 Å². The number of halogens is 6. The van der Waals surface area contributed by atoms with Gasteiger partial charge in [0.05, 0.1) is 0 Å². The Morgan fingerprint density at radius 1 is 1.15 bits per heavy atom. The summed E-state index contributed by atoms with van der Waals surface area (Å²) in [6, 6.07) is 4.76. The van der Waals surface area contributed by atoms with E-state index in [9.17, 15) is 17.6 Å². The predicted molar refractivity (Wildman–Crippen MR) is 66.2 cm³/mol. The molecule has 0 bridgehead atoms. The van der Waals surface area contributed by atoms with E-state index in [2.05, 4.69) is 25.9 Å². The van der Waals surface area contributed by atoms with Crippen LogP contribution in [-0.2, 0) is 6.18 Å². The fraction of sp³-hybridized carbons (Fsp3) is 0.0909. The average Bonchev–Trinajstić information content (AvgIpc) is 2.31. The molecule has 1 aromatic heterocycles. The highest BCUT2D eigenvalue weighted by atomic mass is 79.9. The number of alkyl halides is 3. The zero-order valence-corrected chi connectivity index (χ0v) is 11.7. The van der Waals surface area contributed by atoms with Gasteiger partial charge in [-0.2, -0.15) is 18.2 Å². The Hall–Kier alpha value is -1.41. The largest absolute Gasteiger partial charge is 0.451 e. The summed E-state index contributed by atoms with van der Waals surface area (Å²) in [5, 5.41) is -0.458. The van der Waals surface area contributed by atoms with Crippen molar-refractivity contribution in [1.82, 2.24) is 9.97 Å². The molecule has 0 radical (unpaired) electrons. The fourth-order valence-corrected chi connectivity index (χ4v) is 1.75. The molecule has 0 N–H and O–H groups in total. The van der Waals surface area contributed by atoms with E-state index >= 15 is 0 Å². The fourth-order valence-electron chi connectivity index (χ4n) is 1.25. The molecular formula is C11H4BrClF4N2O. The van der Waals surface area contributed by atoms with Gasteiger partial charge in [-0.25, -0.2) is 9.37 Å². The van der Waals surface area contributed by atoms with E-state index in [-0.39, 0.29) is 5.75 Å². The van der Waals surface area contributed by atoms with Crippen LogP contribution in [0.1, 0.15) is 5.82 Å². The third-order valence-electron chi connectivity index (χ3n) is 2.03. The van der Waals surface area contributed by atoms with Gasteiger partial charge in [0.15, 0.2) is 11.6 Å². The van der Waals surface area contributed by atoms with Crippen molar-refractivity contribution in [2.24, 2.45) is 0 Å². The molecule has 20 heavy (non-hydrogen) atoms. The van der Waals surface area contributed by atoms with Crippen LogP contribution in [0.15, 0.2) is 28.7 Å². The van der Waals surface area contributed by atoms with Crippen LogP contribution >= 0.6 is 27.5 Å². The highest BCUT2D eigenvalue weighted by Crippen LogP contribution is 2.31. The third-order valence-corrected chi connectivity index (χ3v) is 2.72. The lowest BCUT2D eigenvalue weighted by Gasteiger charge is -2.09. The quantitative estimate of drug-likeness (QED) is 0.559. The van der Waals surface area contributed by atoms with E-state index in [1.54, 1.807) is 0 Å². The molecule has 2 rings (SSSR count). The maximum absolute atomic E-state index is 13.5. The predicted octanol–water partition coefficient (Wildman–Crippen LogP) is 4.84. The second-order valence-electron chi connectivity index (χ2n) is 3.53. The van der Waals surface area contributed by atoms with Crippen LogP contribution in [0.2, 0.25) is 5.15 Å². The highest BCUT2D eigenvalue weighted by Gasteiger charge is 2.35. The second kappa shape index (κ2) is 5.53. The van der Waals surface area contributed by atoms with Gasteiger partial charge in [-0.1, -0.05) is 27.5 Å². The number of rotatable bonds is 2. The molecule has 0 aliphatic carbocycles. The van der Waals surface area contributed by atoms with Crippen molar-refractivity contribution >= 4 is 27.5 Å². The summed E-state index contributed by atoms with van der Waals surface area (Å²) >= 11 is 8.49. The van der Waals surface area contributed by atoms with Gasteiger partial charge in [0.25, 0.3) is 0 Å². The molecular weight excluding hydrogens is 367 g/mol. The Morgan fingerprint density at radius 3 is 2.45 bits per heavy atom. The molecule has 0 fully saturated rings. The van der Waals surface area contributed by atoms with Crippen LogP contribution in [0.4, 0.5) is 17.6 Å². The number of benzene rings is 1. The zero-order chi connectivity index (χ0) is 14.9. The van der Waals surface area contributed by atoms with Gasteiger partial charge >= 0.3 is 6.18 Å². The number of aromatic nitrogens is 2. The summed E-state index contributed by atoms with van der Waals surface area (Å²) in [5.41, 5.74) is 0. The monoisotopic (exact) mass is 370 g/mol. The summed E-state index contributed by atoms with van der Waals surface area (Å²) in [7, 11) is 0. The van der Waals surface area contributed by atoms with E-state index in [1.807, 2.05) is 0 Å². The van der Waals surface area contributed by atoms with Crippen molar-refractivity contribution < 1.29 is 22.3 Å². The minimum absolute atomic E-state index is 0.281. The lowest BCUT2D eigenvalue weighted by atomic mass is 10.3. The molecule has 2 aromatic rings. The Labute approximate surface area is 123 Å². The van der Waals surface area contributed by atoms with Gasteiger partial charge in [-0.3, -0.25) is 0 Å². The van der Waals surface area contributed by atoms with Crippen LogP contribution in [0, 0.1) is 5.82 Å². The maximum atomic E-state index is 13.5. The van der Waals surface area contributed by atoms with E-state index in [0.717, 1.165) is 12.1 Å². The first-order chi connectivity index (χ1) is 9.25. The first kappa shape index (κ1) is 15.0. The van der Waals surface area contributed by atoms with Crippen LogP contribution in [0.5, 0.6) is 11.6 Å². The SMILES string of the molecule is Fc1cc(Br)ccc1Oc1cc(Cl)nc(C(F)(F)F)n1. The number of hydrogen-bond acceptors (Lipinski definition) is 3. The molecule has 106 valence electrons. The molecule has 9 heteroatoms. The Kier molecular flexibility index (Phi) is 4.14. The van der Waals surface area contributed by atoms with Gasteiger partial charge in [0.1, 0.15) is 5.15 Å². The second-order valence-corrected chi connectivity index (χ2v) is 4.83. The summed E-state index contributed by atoms with van der Waals surface area (Å²) in [4.78, 5) is 6.17. The molecule has 0 spiro atoms. The lowest BCUT2D eigenvalue weighted by molar-refractivity contribution is -0.145. The summed E-state index contributed by atoms with van der Waals surface area (Å²) in [5.74, 6) is -3.00. The van der Waals surface area contributed by atoms with E-state index in [1.165, 1.54) is 12.1 Å². The van der Waals surface area contributed by atoms with Gasteiger partial charge in [-0.05, 0) is 18.2 Å². The molecule has 0 unspecified atom stereocenters. The third kappa shape index (κ3) is 3.57. The van der Waals surface area contributed by atoms with E-state index in [4.69, 9.17) is 16.3 Å². The van der Waals surface area contributed by atoms with E-state index in [0.29, 0.717) is 4.47 Å². The van der Waals surface area contributed by atoms with Gasteiger partial charge in [0.2, 0.25) is 11.7 Å². The Morgan fingerprint density at radius 2 is 1.85 bits per heavy atom. The van der Waals surface area contributed by atoms with Crippen molar-refractivity contribution in [3.05, 3.63) is 45.5 Å². The molecule has 0 saturated carbocycles. The molecule has 0 amide bonds. The Balaban J connectivity index is 2.36.